The fourth-order valence-electron chi connectivity index (χ4n) is 2.48. The van der Waals surface area contributed by atoms with Crippen molar-refractivity contribution < 1.29 is 4.79 Å². The third kappa shape index (κ3) is 4.70. The number of aryl methyl sites for hydroxylation is 2. The molecule has 0 aliphatic rings. The van der Waals surface area contributed by atoms with Crippen molar-refractivity contribution in [1.82, 2.24) is 25.5 Å². The van der Waals surface area contributed by atoms with Crippen molar-refractivity contribution in [2.45, 2.75) is 38.5 Å². The van der Waals surface area contributed by atoms with E-state index in [2.05, 4.69) is 52.9 Å². The minimum absolute atomic E-state index is 0.0357. The molecule has 0 saturated heterocycles. The first-order valence-electron chi connectivity index (χ1n) is 8.31. The van der Waals surface area contributed by atoms with E-state index in [0.29, 0.717) is 11.7 Å². The van der Waals surface area contributed by atoms with Crippen LogP contribution in [0.2, 0.25) is 0 Å². The first-order chi connectivity index (χ1) is 12.5. The summed E-state index contributed by atoms with van der Waals surface area (Å²) in [7, 11) is 0. The van der Waals surface area contributed by atoms with E-state index >= 15 is 0 Å². The molecule has 0 aliphatic carbocycles. The molecule has 8 heteroatoms. The molecule has 0 fully saturated rings. The average molecular weight is 388 g/mol. The van der Waals surface area contributed by atoms with Crippen molar-refractivity contribution in [2.75, 3.05) is 5.75 Å². The minimum Gasteiger partial charge on any atom is -0.349 e. The van der Waals surface area contributed by atoms with E-state index in [1.54, 1.807) is 16.0 Å². The van der Waals surface area contributed by atoms with Gasteiger partial charge in [-0.15, -0.1) is 16.4 Å². The molecule has 0 aliphatic heterocycles. The van der Waals surface area contributed by atoms with Crippen LogP contribution in [-0.4, -0.2) is 31.9 Å². The van der Waals surface area contributed by atoms with E-state index in [-0.39, 0.29) is 17.7 Å². The number of aromatic nitrogens is 4. The molecule has 0 spiro atoms. The summed E-state index contributed by atoms with van der Waals surface area (Å²) in [6.45, 7) is 6.78. The predicted octanol–water partition coefficient (Wildman–Crippen LogP) is 3.37. The normalized spacial score (nSPS) is 12.1. The van der Waals surface area contributed by atoms with Crippen LogP contribution in [0.25, 0.3) is 0 Å². The van der Waals surface area contributed by atoms with Crippen LogP contribution in [0.15, 0.2) is 40.9 Å². The number of hydrogen-bond donors (Lipinski definition) is 1. The molecule has 1 aromatic carbocycles. The third-order valence-electron chi connectivity index (χ3n) is 4.13. The zero-order valence-electron chi connectivity index (χ0n) is 15.0. The molecule has 3 rings (SSSR count). The Morgan fingerprint density at radius 3 is 2.88 bits per heavy atom. The fourth-order valence-corrected chi connectivity index (χ4v) is 3.85. The van der Waals surface area contributed by atoms with Gasteiger partial charge in [0.1, 0.15) is 0 Å². The standard InChI is InChI=1S/C18H21N5OS2/c1-12-6-7-15(9-13(12)2)14(3)19-17(24)11-26-18-20-21-22-23(18)10-16-5-4-8-25-16/h4-9,14H,10-11H2,1-3H3,(H,19,24). The summed E-state index contributed by atoms with van der Waals surface area (Å²) in [6.07, 6.45) is 0. The Hall–Kier alpha value is -2.19. The molecular weight excluding hydrogens is 366 g/mol. The van der Waals surface area contributed by atoms with Crippen LogP contribution in [0, 0.1) is 13.8 Å². The second-order valence-electron chi connectivity index (χ2n) is 6.12. The quantitative estimate of drug-likeness (QED) is 0.629. The first kappa shape index (κ1) is 18.6. The van der Waals surface area contributed by atoms with Gasteiger partial charge in [0.25, 0.3) is 0 Å². The molecule has 2 heterocycles. The Balaban J connectivity index is 1.54. The molecule has 0 saturated carbocycles. The smallest absolute Gasteiger partial charge is 0.230 e. The van der Waals surface area contributed by atoms with Gasteiger partial charge in [0, 0.05) is 4.88 Å². The summed E-state index contributed by atoms with van der Waals surface area (Å²) in [5.41, 5.74) is 3.58. The molecule has 0 radical (unpaired) electrons. The summed E-state index contributed by atoms with van der Waals surface area (Å²) in [5, 5.41) is 17.4. The van der Waals surface area contributed by atoms with Crippen molar-refractivity contribution in [1.29, 1.82) is 0 Å². The number of nitrogens with zero attached hydrogens (tertiary/aromatic N) is 4. The van der Waals surface area contributed by atoms with Gasteiger partial charge in [-0.3, -0.25) is 4.79 Å². The van der Waals surface area contributed by atoms with Gasteiger partial charge in [-0.05, 0) is 59.3 Å². The molecule has 1 N–H and O–H groups in total. The highest BCUT2D eigenvalue weighted by molar-refractivity contribution is 7.99. The molecule has 2 aromatic heterocycles. The highest BCUT2D eigenvalue weighted by Crippen LogP contribution is 2.19. The van der Waals surface area contributed by atoms with Crippen LogP contribution >= 0.6 is 23.1 Å². The number of nitrogens with one attached hydrogen (secondary N) is 1. The second-order valence-corrected chi connectivity index (χ2v) is 8.09. The highest BCUT2D eigenvalue weighted by atomic mass is 32.2. The molecule has 136 valence electrons. The van der Waals surface area contributed by atoms with E-state index in [1.165, 1.54) is 27.8 Å². The SMILES string of the molecule is Cc1ccc(C(C)NC(=O)CSc2nnnn2Cc2cccs2)cc1C. The molecule has 1 unspecified atom stereocenters. The van der Waals surface area contributed by atoms with Crippen LogP contribution in [0.4, 0.5) is 0 Å². The van der Waals surface area contributed by atoms with E-state index < -0.39 is 0 Å². The Labute approximate surface area is 161 Å². The van der Waals surface area contributed by atoms with E-state index in [4.69, 9.17) is 0 Å². The van der Waals surface area contributed by atoms with Gasteiger partial charge in [0.2, 0.25) is 11.1 Å². The van der Waals surface area contributed by atoms with Crippen LogP contribution < -0.4 is 5.32 Å². The van der Waals surface area contributed by atoms with Gasteiger partial charge >= 0.3 is 0 Å². The number of thioether (sulfide) groups is 1. The number of benzene rings is 1. The van der Waals surface area contributed by atoms with Crippen LogP contribution in [0.1, 0.15) is 34.5 Å². The Bertz CT molecular complexity index is 876. The second kappa shape index (κ2) is 8.46. The van der Waals surface area contributed by atoms with E-state index in [0.717, 1.165) is 5.56 Å². The summed E-state index contributed by atoms with van der Waals surface area (Å²) in [4.78, 5) is 13.5. The van der Waals surface area contributed by atoms with Gasteiger partial charge in [-0.2, -0.15) is 0 Å². The molecular formula is C18H21N5OS2. The predicted molar refractivity (Wildman–Crippen MR) is 104 cm³/mol. The number of thiophene rings is 1. The third-order valence-corrected chi connectivity index (χ3v) is 5.94. The van der Waals surface area contributed by atoms with E-state index in [9.17, 15) is 4.79 Å². The van der Waals surface area contributed by atoms with Gasteiger partial charge in [0.15, 0.2) is 0 Å². The van der Waals surface area contributed by atoms with Gasteiger partial charge in [-0.1, -0.05) is 36.0 Å². The number of tetrazole rings is 1. The minimum atomic E-state index is -0.0375. The summed E-state index contributed by atoms with van der Waals surface area (Å²) in [5.74, 6) is 0.242. The maximum absolute atomic E-state index is 12.3. The van der Waals surface area contributed by atoms with Crippen molar-refractivity contribution >= 4 is 29.0 Å². The Kier molecular flexibility index (Phi) is 6.05. The van der Waals surface area contributed by atoms with Gasteiger partial charge < -0.3 is 5.32 Å². The first-order valence-corrected chi connectivity index (χ1v) is 10.2. The molecule has 26 heavy (non-hydrogen) atoms. The molecule has 1 amide bonds. The Morgan fingerprint density at radius 1 is 1.31 bits per heavy atom. The van der Waals surface area contributed by atoms with E-state index in [1.807, 2.05) is 24.4 Å². The number of amides is 1. The van der Waals surface area contributed by atoms with Gasteiger partial charge in [0.05, 0.1) is 18.3 Å². The summed E-state index contributed by atoms with van der Waals surface area (Å²) >= 11 is 3.00. The summed E-state index contributed by atoms with van der Waals surface area (Å²) < 4.78 is 1.72. The molecule has 3 aromatic rings. The van der Waals surface area contributed by atoms with Crippen LogP contribution in [0.3, 0.4) is 0 Å². The number of carbonyl (C=O) groups excluding carboxylic acids is 1. The molecule has 0 bridgehead atoms. The van der Waals surface area contributed by atoms with Crippen molar-refractivity contribution in [3.8, 4) is 0 Å². The molecule has 6 nitrogen and oxygen atoms in total. The van der Waals surface area contributed by atoms with Crippen molar-refractivity contribution in [3.63, 3.8) is 0 Å². The molecule has 1 atom stereocenters. The zero-order valence-corrected chi connectivity index (χ0v) is 16.6. The largest absolute Gasteiger partial charge is 0.349 e. The lowest BCUT2D eigenvalue weighted by molar-refractivity contribution is -0.119. The number of carbonyl (C=O) groups is 1. The lowest BCUT2D eigenvalue weighted by Crippen LogP contribution is -2.28. The summed E-state index contributed by atoms with van der Waals surface area (Å²) in [6, 6.07) is 10.3. The average Bonchev–Trinajstić information content (AvgIpc) is 3.28. The van der Waals surface area contributed by atoms with Crippen molar-refractivity contribution in [3.05, 3.63) is 57.3 Å². The fraction of sp³-hybridized carbons (Fsp3) is 0.333. The van der Waals surface area contributed by atoms with Crippen molar-refractivity contribution in [2.24, 2.45) is 0 Å². The lowest BCUT2D eigenvalue weighted by Gasteiger charge is -2.15. The van der Waals surface area contributed by atoms with Gasteiger partial charge in [-0.25, -0.2) is 4.68 Å². The maximum atomic E-state index is 12.3. The Morgan fingerprint density at radius 2 is 2.15 bits per heavy atom. The highest BCUT2D eigenvalue weighted by Gasteiger charge is 2.14. The zero-order chi connectivity index (χ0) is 18.5. The van der Waals surface area contributed by atoms with Crippen LogP contribution in [0.5, 0.6) is 0 Å². The number of hydrogen-bond acceptors (Lipinski definition) is 6. The number of rotatable bonds is 7. The lowest BCUT2D eigenvalue weighted by atomic mass is 10.0. The van der Waals surface area contributed by atoms with Crippen LogP contribution in [-0.2, 0) is 11.3 Å². The monoisotopic (exact) mass is 387 g/mol. The topological polar surface area (TPSA) is 72.7 Å². The maximum Gasteiger partial charge on any atom is 0.230 e.